The monoisotopic (exact) mass is 359 g/mol. The molecule has 132 valence electrons. The summed E-state index contributed by atoms with van der Waals surface area (Å²) in [5.41, 5.74) is 2.16. The van der Waals surface area contributed by atoms with Gasteiger partial charge in [-0.25, -0.2) is 4.79 Å². The zero-order chi connectivity index (χ0) is 18.6. The molecule has 0 aliphatic heterocycles. The maximum atomic E-state index is 12.4. The number of nitrogens with zero attached hydrogens (tertiary/aromatic N) is 1. The van der Waals surface area contributed by atoms with Gasteiger partial charge in [-0.1, -0.05) is 30.8 Å². The Balaban J connectivity index is 2.15. The van der Waals surface area contributed by atoms with Crippen LogP contribution in [0.1, 0.15) is 42.4 Å². The van der Waals surface area contributed by atoms with E-state index in [0.29, 0.717) is 16.9 Å². The molecule has 0 radical (unpaired) electrons. The molecule has 0 spiro atoms. The first-order chi connectivity index (χ1) is 11.8. The molecule has 25 heavy (non-hydrogen) atoms. The molecular formula is C18H21N3O3S. The van der Waals surface area contributed by atoms with Crippen molar-refractivity contribution in [2.24, 2.45) is 0 Å². The molecular weight excluding hydrogens is 338 g/mol. The Hall–Kier alpha value is -2.41. The number of ketones is 1. The SMILES string of the molecule is CCc1ccc(NC(=O)C(C)Sc2nc(=O)[nH]c(C)c2C(C)=O)cc1. The zero-order valence-electron chi connectivity index (χ0n) is 14.7. The van der Waals surface area contributed by atoms with E-state index < -0.39 is 10.9 Å². The molecule has 0 saturated heterocycles. The van der Waals surface area contributed by atoms with E-state index in [2.05, 4.69) is 22.2 Å². The first kappa shape index (κ1) is 18.9. The zero-order valence-corrected chi connectivity index (χ0v) is 15.5. The predicted octanol–water partition coefficient (Wildman–Crippen LogP) is 2.96. The number of aryl methyl sites for hydroxylation is 2. The maximum Gasteiger partial charge on any atom is 0.346 e. The van der Waals surface area contributed by atoms with E-state index in [0.717, 1.165) is 18.2 Å². The number of rotatable bonds is 6. The number of benzene rings is 1. The number of Topliss-reactive ketones (excluding diaryl/α,β-unsaturated/α-hetero) is 1. The second-order valence-electron chi connectivity index (χ2n) is 5.70. The van der Waals surface area contributed by atoms with Crippen LogP contribution in [0.5, 0.6) is 0 Å². The third kappa shape index (κ3) is 4.79. The minimum atomic E-state index is -0.534. The normalized spacial score (nSPS) is 11.8. The van der Waals surface area contributed by atoms with Gasteiger partial charge in [0.2, 0.25) is 5.91 Å². The smallest absolute Gasteiger partial charge is 0.325 e. The molecule has 0 fully saturated rings. The summed E-state index contributed by atoms with van der Waals surface area (Å²) in [7, 11) is 0. The largest absolute Gasteiger partial charge is 0.346 e. The molecule has 1 heterocycles. The molecule has 6 nitrogen and oxygen atoms in total. The Morgan fingerprint density at radius 1 is 1.28 bits per heavy atom. The lowest BCUT2D eigenvalue weighted by atomic mass is 10.1. The highest BCUT2D eigenvalue weighted by molar-refractivity contribution is 8.00. The number of carbonyl (C=O) groups excluding carboxylic acids is 2. The average Bonchev–Trinajstić information content (AvgIpc) is 2.54. The quantitative estimate of drug-likeness (QED) is 0.470. The number of hydrogen-bond acceptors (Lipinski definition) is 5. The summed E-state index contributed by atoms with van der Waals surface area (Å²) < 4.78 is 0. The third-order valence-electron chi connectivity index (χ3n) is 3.73. The fraction of sp³-hybridized carbons (Fsp3) is 0.333. The van der Waals surface area contributed by atoms with Crippen LogP contribution < -0.4 is 11.0 Å². The molecule has 0 aliphatic rings. The second kappa shape index (κ2) is 8.11. The van der Waals surface area contributed by atoms with Gasteiger partial charge in [0.25, 0.3) is 0 Å². The minimum absolute atomic E-state index is 0.202. The first-order valence-corrected chi connectivity index (χ1v) is 8.88. The molecule has 2 N–H and O–H groups in total. The highest BCUT2D eigenvalue weighted by Crippen LogP contribution is 2.26. The van der Waals surface area contributed by atoms with Crippen molar-refractivity contribution >= 4 is 29.1 Å². The van der Waals surface area contributed by atoms with Crippen LogP contribution in [0.15, 0.2) is 34.1 Å². The maximum absolute atomic E-state index is 12.4. The Bertz CT molecular complexity index is 844. The van der Waals surface area contributed by atoms with Crippen LogP contribution in [0, 0.1) is 6.92 Å². The van der Waals surface area contributed by atoms with Crippen molar-refractivity contribution in [1.29, 1.82) is 0 Å². The summed E-state index contributed by atoms with van der Waals surface area (Å²) in [5.74, 6) is -0.421. The highest BCUT2D eigenvalue weighted by atomic mass is 32.2. The Kier molecular flexibility index (Phi) is 6.14. The first-order valence-electron chi connectivity index (χ1n) is 8.00. The minimum Gasteiger partial charge on any atom is -0.325 e. The van der Waals surface area contributed by atoms with Crippen LogP contribution in [0.3, 0.4) is 0 Å². The molecule has 1 unspecified atom stereocenters. The Morgan fingerprint density at radius 3 is 2.48 bits per heavy atom. The van der Waals surface area contributed by atoms with Crippen molar-refractivity contribution in [3.05, 3.63) is 51.6 Å². The van der Waals surface area contributed by atoms with Crippen molar-refractivity contribution < 1.29 is 9.59 Å². The van der Waals surface area contributed by atoms with Crippen LogP contribution in [-0.4, -0.2) is 26.9 Å². The number of nitrogens with one attached hydrogen (secondary N) is 2. The van der Waals surface area contributed by atoms with E-state index in [1.165, 1.54) is 12.5 Å². The van der Waals surface area contributed by atoms with E-state index >= 15 is 0 Å². The van der Waals surface area contributed by atoms with Crippen LogP contribution >= 0.6 is 11.8 Å². The van der Waals surface area contributed by atoms with Gasteiger partial charge in [0.15, 0.2) is 5.78 Å². The fourth-order valence-corrected chi connectivity index (χ4v) is 3.40. The molecule has 1 atom stereocenters. The average molecular weight is 359 g/mol. The molecule has 1 aromatic carbocycles. The van der Waals surface area contributed by atoms with E-state index in [1.54, 1.807) is 13.8 Å². The van der Waals surface area contributed by atoms with Crippen LogP contribution in [0.25, 0.3) is 0 Å². The molecule has 2 aromatic rings. The van der Waals surface area contributed by atoms with Gasteiger partial charge in [0.1, 0.15) is 5.03 Å². The number of carbonyl (C=O) groups is 2. The number of aromatic amines is 1. The van der Waals surface area contributed by atoms with Gasteiger partial charge >= 0.3 is 5.69 Å². The van der Waals surface area contributed by atoms with E-state index in [9.17, 15) is 14.4 Å². The molecule has 0 aliphatic carbocycles. The van der Waals surface area contributed by atoms with Crippen molar-refractivity contribution in [2.75, 3.05) is 5.32 Å². The Labute approximate surface area is 150 Å². The molecule has 1 aromatic heterocycles. The summed E-state index contributed by atoms with van der Waals surface area (Å²) in [6.45, 7) is 6.83. The third-order valence-corrected chi connectivity index (χ3v) is 4.81. The predicted molar refractivity (Wildman–Crippen MR) is 99.4 cm³/mol. The second-order valence-corrected chi connectivity index (χ2v) is 7.03. The Morgan fingerprint density at radius 2 is 1.92 bits per heavy atom. The van der Waals surface area contributed by atoms with Crippen LogP contribution in [-0.2, 0) is 11.2 Å². The summed E-state index contributed by atoms with van der Waals surface area (Å²) in [5, 5.41) is 2.59. The van der Waals surface area contributed by atoms with Gasteiger partial charge < -0.3 is 10.3 Å². The number of hydrogen-bond donors (Lipinski definition) is 2. The molecule has 1 amide bonds. The highest BCUT2D eigenvalue weighted by Gasteiger charge is 2.21. The van der Waals surface area contributed by atoms with Gasteiger partial charge in [-0.15, -0.1) is 0 Å². The number of amides is 1. The van der Waals surface area contributed by atoms with Crippen molar-refractivity contribution in [3.63, 3.8) is 0 Å². The van der Waals surface area contributed by atoms with Gasteiger partial charge in [-0.3, -0.25) is 9.59 Å². The van der Waals surface area contributed by atoms with Crippen LogP contribution in [0.2, 0.25) is 0 Å². The lowest BCUT2D eigenvalue weighted by Gasteiger charge is -2.14. The number of thioether (sulfide) groups is 1. The topological polar surface area (TPSA) is 91.9 Å². The summed E-state index contributed by atoms with van der Waals surface area (Å²) in [6.07, 6.45) is 0.932. The van der Waals surface area contributed by atoms with E-state index in [4.69, 9.17) is 0 Å². The molecule has 2 rings (SSSR count). The van der Waals surface area contributed by atoms with E-state index in [1.807, 2.05) is 24.3 Å². The summed E-state index contributed by atoms with van der Waals surface area (Å²) in [4.78, 5) is 42.2. The lowest BCUT2D eigenvalue weighted by Crippen LogP contribution is -2.24. The number of aromatic nitrogens is 2. The summed E-state index contributed by atoms with van der Waals surface area (Å²) >= 11 is 1.10. The standard InChI is InChI=1S/C18H21N3O3S/c1-5-13-6-8-14(9-7-13)20-16(23)12(4)25-17-15(11(3)22)10(2)19-18(24)21-17/h6-9,12H,5H2,1-4H3,(H,20,23)(H,19,21,24). The van der Waals surface area contributed by atoms with Gasteiger partial charge in [0, 0.05) is 11.4 Å². The van der Waals surface area contributed by atoms with Gasteiger partial charge in [-0.2, -0.15) is 4.98 Å². The molecule has 0 saturated carbocycles. The number of anilines is 1. The fourth-order valence-electron chi connectivity index (χ4n) is 2.35. The molecule has 7 heteroatoms. The van der Waals surface area contributed by atoms with Gasteiger partial charge in [-0.05, 0) is 44.9 Å². The van der Waals surface area contributed by atoms with Crippen LogP contribution in [0.4, 0.5) is 5.69 Å². The van der Waals surface area contributed by atoms with Crippen molar-refractivity contribution in [1.82, 2.24) is 9.97 Å². The van der Waals surface area contributed by atoms with Gasteiger partial charge in [0.05, 0.1) is 10.8 Å². The summed E-state index contributed by atoms with van der Waals surface area (Å²) in [6, 6.07) is 7.63. The van der Waals surface area contributed by atoms with Crippen molar-refractivity contribution in [2.45, 2.75) is 44.4 Å². The lowest BCUT2D eigenvalue weighted by molar-refractivity contribution is -0.115. The number of H-pyrrole nitrogens is 1. The molecule has 0 bridgehead atoms. The van der Waals surface area contributed by atoms with Crippen molar-refractivity contribution in [3.8, 4) is 0 Å². The van der Waals surface area contributed by atoms with E-state index in [-0.39, 0.29) is 16.7 Å².